The second-order valence-electron chi connectivity index (χ2n) is 3.95. The first-order chi connectivity index (χ1) is 8.47. The normalized spacial score (nSPS) is 10.4. The monoisotopic (exact) mass is 342 g/mol. The highest BCUT2D eigenvalue weighted by Gasteiger charge is 2.13. The van der Waals surface area contributed by atoms with Crippen molar-refractivity contribution >= 4 is 44.9 Å². The number of aryl methyl sites for hydroxylation is 1. The minimum Gasteiger partial charge on any atom is -0.289 e. The van der Waals surface area contributed by atoms with Crippen molar-refractivity contribution in [1.82, 2.24) is 0 Å². The van der Waals surface area contributed by atoms with Crippen molar-refractivity contribution in [3.8, 4) is 0 Å². The van der Waals surface area contributed by atoms with Gasteiger partial charge < -0.3 is 0 Å². The third-order valence-electron chi connectivity index (χ3n) is 2.56. The topological polar surface area (TPSA) is 17.1 Å². The van der Waals surface area contributed by atoms with E-state index in [9.17, 15) is 4.79 Å². The third kappa shape index (κ3) is 2.94. The summed E-state index contributed by atoms with van der Waals surface area (Å²) >= 11 is 15.2. The van der Waals surface area contributed by atoms with Crippen LogP contribution in [0.25, 0.3) is 0 Å². The summed E-state index contributed by atoms with van der Waals surface area (Å²) in [6.45, 7) is 1.89. The van der Waals surface area contributed by atoms with Gasteiger partial charge in [0.05, 0.1) is 0 Å². The maximum Gasteiger partial charge on any atom is 0.193 e. The molecule has 18 heavy (non-hydrogen) atoms. The average Bonchev–Trinajstić information content (AvgIpc) is 2.26. The van der Waals surface area contributed by atoms with Crippen molar-refractivity contribution in [3.05, 3.63) is 67.6 Å². The molecule has 2 aromatic carbocycles. The Morgan fingerprint density at radius 1 is 1.06 bits per heavy atom. The third-order valence-corrected chi connectivity index (χ3v) is 3.49. The maximum absolute atomic E-state index is 12.4. The number of carbonyl (C=O) groups is 1. The lowest BCUT2D eigenvalue weighted by Crippen LogP contribution is -2.03. The van der Waals surface area contributed by atoms with Gasteiger partial charge in [-0.2, -0.15) is 0 Å². The molecule has 0 aliphatic heterocycles. The van der Waals surface area contributed by atoms with E-state index in [1.807, 2.05) is 19.1 Å². The molecule has 2 aromatic rings. The fourth-order valence-electron chi connectivity index (χ4n) is 1.72. The van der Waals surface area contributed by atoms with Crippen molar-refractivity contribution in [2.75, 3.05) is 0 Å². The van der Waals surface area contributed by atoms with E-state index in [2.05, 4.69) is 15.9 Å². The van der Waals surface area contributed by atoms with Crippen LogP contribution >= 0.6 is 39.1 Å². The SMILES string of the molecule is Cc1cc(Br)ccc1C(=O)c1cc(Cl)cc(Cl)c1. The fourth-order valence-corrected chi connectivity index (χ4v) is 2.72. The van der Waals surface area contributed by atoms with E-state index in [0.717, 1.165) is 10.0 Å². The Morgan fingerprint density at radius 2 is 1.67 bits per heavy atom. The summed E-state index contributed by atoms with van der Waals surface area (Å²) in [4.78, 5) is 12.4. The van der Waals surface area contributed by atoms with Gasteiger partial charge in [0.1, 0.15) is 0 Å². The number of hydrogen-bond donors (Lipinski definition) is 0. The molecule has 0 N–H and O–H groups in total. The molecule has 0 amide bonds. The Bertz CT molecular complexity index is 603. The van der Waals surface area contributed by atoms with Crippen LogP contribution in [0.15, 0.2) is 40.9 Å². The van der Waals surface area contributed by atoms with Crippen LogP contribution in [-0.2, 0) is 0 Å². The van der Waals surface area contributed by atoms with Gasteiger partial charge in [-0.3, -0.25) is 4.79 Å². The van der Waals surface area contributed by atoms with Crippen LogP contribution in [0, 0.1) is 6.92 Å². The molecule has 2 rings (SSSR count). The zero-order chi connectivity index (χ0) is 13.3. The van der Waals surface area contributed by atoms with E-state index in [-0.39, 0.29) is 5.78 Å². The molecule has 0 heterocycles. The van der Waals surface area contributed by atoms with Gasteiger partial charge in [0.15, 0.2) is 5.78 Å². The highest BCUT2D eigenvalue weighted by molar-refractivity contribution is 9.10. The maximum atomic E-state index is 12.4. The van der Waals surface area contributed by atoms with E-state index in [4.69, 9.17) is 23.2 Å². The van der Waals surface area contributed by atoms with Crippen LogP contribution in [0.2, 0.25) is 10.0 Å². The first-order valence-corrected chi connectivity index (χ1v) is 6.79. The van der Waals surface area contributed by atoms with E-state index in [1.165, 1.54) is 0 Å². The number of carbonyl (C=O) groups excluding carboxylic acids is 1. The molecule has 92 valence electrons. The van der Waals surface area contributed by atoms with Gasteiger partial charge >= 0.3 is 0 Å². The molecule has 0 saturated carbocycles. The Kier molecular flexibility index (Phi) is 4.10. The fraction of sp³-hybridized carbons (Fsp3) is 0.0714. The van der Waals surface area contributed by atoms with E-state index in [0.29, 0.717) is 21.2 Å². The summed E-state index contributed by atoms with van der Waals surface area (Å²) in [5.74, 6) is -0.0793. The first kappa shape index (κ1) is 13.6. The molecule has 0 unspecified atom stereocenters. The van der Waals surface area contributed by atoms with Gasteiger partial charge in [-0.25, -0.2) is 0 Å². The Balaban J connectivity index is 2.47. The molecule has 0 spiro atoms. The second kappa shape index (κ2) is 5.43. The largest absolute Gasteiger partial charge is 0.289 e. The van der Waals surface area contributed by atoms with E-state index >= 15 is 0 Å². The standard InChI is InChI=1S/C14H9BrCl2O/c1-8-4-10(15)2-3-13(8)14(18)9-5-11(16)7-12(17)6-9/h2-7H,1H3. The molecule has 0 saturated heterocycles. The summed E-state index contributed by atoms with van der Waals surface area (Å²) in [6.07, 6.45) is 0. The minimum atomic E-state index is -0.0793. The summed E-state index contributed by atoms with van der Waals surface area (Å²) in [7, 11) is 0. The molecule has 0 aliphatic rings. The van der Waals surface area contributed by atoms with Crippen molar-refractivity contribution < 1.29 is 4.79 Å². The summed E-state index contributed by atoms with van der Waals surface area (Å²) in [5, 5.41) is 0.918. The number of rotatable bonds is 2. The van der Waals surface area contributed by atoms with Crippen molar-refractivity contribution in [3.63, 3.8) is 0 Å². The molecular weight excluding hydrogens is 335 g/mol. The number of hydrogen-bond acceptors (Lipinski definition) is 1. The molecular formula is C14H9BrCl2O. The van der Waals surface area contributed by atoms with Crippen LogP contribution in [-0.4, -0.2) is 5.78 Å². The molecule has 0 atom stereocenters. The molecule has 1 nitrogen and oxygen atoms in total. The molecule has 0 bridgehead atoms. The van der Waals surface area contributed by atoms with Crippen LogP contribution in [0.4, 0.5) is 0 Å². The van der Waals surface area contributed by atoms with Crippen molar-refractivity contribution in [2.24, 2.45) is 0 Å². The van der Waals surface area contributed by atoms with Crippen LogP contribution in [0.5, 0.6) is 0 Å². The quantitative estimate of drug-likeness (QED) is 0.676. The average molecular weight is 344 g/mol. The van der Waals surface area contributed by atoms with Gasteiger partial charge in [-0.05, 0) is 48.9 Å². The second-order valence-corrected chi connectivity index (χ2v) is 5.74. The summed E-state index contributed by atoms with van der Waals surface area (Å²) < 4.78 is 0.945. The van der Waals surface area contributed by atoms with Gasteiger partial charge in [-0.1, -0.05) is 39.1 Å². The minimum absolute atomic E-state index is 0.0793. The van der Waals surface area contributed by atoms with Gasteiger partial charge in [0, 0.05) is 25.6 Å². The Hall–Kier alpha value is -0.830. The van der Waals surface area contributed by atoms with Gasteiger partial charge in [-0.15, -0.1) is 0 Å². The molecule has 4 heteroatoms. The summed E-state index contributed by atoms with van der Waals surface area (Å²) in [5.41, 5.74) is 2.06. The Labute approximate surface area is 124 Å². The lowest BCUT2D eigenvalue weighted by molar-refractivity contribution is 0.103. The number of halogens is 3. The van der Waals surface area contributed by atoms with Crippen LogP contribution in [0.1, 0.15) is 21.5 Å². The van der Waals surface area contributed by atoms with Crippen LogP contribution < -0.4 is 0 Å². The molecule has 0 fully saturated rings. The van der Waals surface area contributed by atoms with Crippen molar-refractivity contribution in [2.45, 2.75) is 6.92 Å². The van der Waals surface area contributed by atoms with E-state index < -0.39 is 0 Å². The first-order valence-electron chi connectivity index (χ1n) is 5.24. The van der Waals surface area contributed by atoms with Crippen molar-refractivity contribution in [1.29, 1.82) is 0 Å². The van der Waals surface area contributed by atoms with Gasteiger partial charge in [0.25, 0.3) is 0 Å². The number of ketones is 1. The lowest BCUT2D eigenvalue weighted by atomic mass is 9.99. The zero-order valence-corrected chi connectivity index (χ0v) is 12.6. The molecule has 0 radical (unpaired) electrons. The summed E-state index contributed by atoms with van der Waals surface area (Å²) in [6, 6.07) is 10.4. The highest BCUT2D eigenvalue weighted by Crippen LogP contribution is 2.23. The predicted octanol–water partition coefficient (Wildman–Crippen LogP) is 5.30. The van der Waals surface area contributed by atoms with Gasteiger partial charge in [0.2, 0.25) is 0 Å². The smallest absolute Gasteiger partial charge is 0.193 e. The molecule has 0 aliphatic carbocycles. The molecule has 0 aromatic heterocycles. The lowest BCUT2D eigenvalue weighted by Gasteiger charge is -2.06. The number of benzene rings is 2. The van der Waals surface area contributed by atoms with Crippen LogP contribution in [0.3, 0.4) is 0 Å². The highest BCUT2D eigenvalue weighted by atomic mass is 79.9. The Morgan fingerprint density at radius 3 is 2.22 bits per heavy atom. The predicted molar refractivity (Wildman–Crippen MR) is 78.8 cm³/mol. The van der Waals surface area contributed by atoms with E-state index in [1.54, 1.807) is 24.3 Å². The zero-order valence-electron chi connectivity index (χ0n) is 9.51.